The molecule has 37 heavy (non-hydrogen) atoms. The highest BCUT2D eigenvalue weighted by molar-refractivity contribution is 5.95. The van der Waals surface area contributed by atoms with Crippen molar-refractivity contribution >= 4 is 5.91 Å². The van der Waals surface area contributed by atoms with Crippen molar-refractivity contribution < 1.29 is 32.2 Å². The lowest BCUT2D eigenvalue weighted by molar-refractivity contribution is -0.217. The van der Waals surface area contributed by atoms with Gasteiger partial charge in [0.1, 0.15) is 11.6 Å². The third-order valence-corrected chi connectivity index (χ3v) is 7.26. The van der Waals surface area contributed by atoms with E-state index in [1.807, 2.05) is 4.90 Å². The Bertz CT molecular complexity index is 1080. The van der Waals surface area contributed by atoms with E-state index in [1.165, 1.54) is 37.1 Å². The Morgan fingerprint density at radius 1 is 1.11 bits per heavy atom. The molecule has 0 unspecified atom stereocenters. The van der Waals surface area contributed by atoms with Crippen molar-refractivity contribution in [2.24, 2.45) is 11.3 Å². The zero-order chi connectivity index (χ0) is 26.8. The smallest absolute Gasteiger partial charge is 0.395 e. The molecule has 2 saturated heterocycles. The number of piperidine rings is 1. The van der Waals surface area contributed by atoms with Crippen LogP contribution in [-0.4, -0.2) is 77.4 Å². The highest BCUT2D eigenvalue weighted by Crippen LogP contribution is 2.38. The van der Waals surface area contributed by atoms with Crippen molar-refractivity contribution in [3.05, 3.63) is 47.9 Å². The fourth-order valence-electron chi connectivity index (χ4n) is 4.76. The van der Waals surface area contributed by atoms with E-state index in [1.54, 1.807) is 18.2 Å². The van der Waals surface area contributed by atoms with E-state index in [0.29, 0.717) is 44.1 Å². The van der Waals surface area contributed by atoms with E-state index >= 15 is 0 Å². The Morgan fingerprint density at radius 2 is 1.84 bits per heavy atom. The van der Waals surface area contributed by atoms with Crippen molar-refractivity contribution in [1.82, 2.24) is 14.8 Å². The van der Waals surface area contributed by atoms with Crippen LogP contribution in [0.2, 0.25) is 0 Å². The van der Waals surface area contributed by atoms with Gasteiger partial charge in [-0.1, -0.05) is 0 Å². The monoisotopic (exact) mass is 523 g/mol. The molecular weight excluding hydrogens is 490 g/mol. The highest BCUT2D eigenvalue weighted by Gasteiger charge is 2.48. The summed E-state index contributed by atoms with van der Waals surface area (Å²) in [5, 5.41) is 9.63. The number of pyridine rings is 1. The number of halogens is 4. The van der Waals surface area contributed by atoms with Gasteiger partial charge >= 0.3 is 6.18 Å². The number of β-amino-alcohol motifs (C(OH)–C–C–N with tert-alkyl or cyclic N) is 1. The molecule has 1 amide bonds. The van der Waals surface area contributed by atoms with Gasteiger partial charge in [-0.05, 0) is 82.4 Å². The first-order valence-corrected chi connectivity index (χ1v) is 12.6. The molecule has 0 bridgehead atoms. The van der Waals surface area contributed by atoms with Crippen LogP contribution in [0.4, 0.5) is 17.6 Å². The Kier molecular flexibility index (Phi) is 8.08. The van der Waals surface area contributed by atoms with Crippen LogP contribution < -0.4 is 4.74 Å². The Labute approximate surface area is 214 Å². The number of benzene rings is 1. The lowest BCUT2D eigenvalue weighted by Crippen LogP contribution is -2.46. The van der Waals surface area contributed by atoms with E-state index in [4.69, 9.17) is 4.74 Å². The molecule has 0 spiro atoms. The molecule has 1 aromatic heterocycles. The number of alkyl halides is 3. The first-order valence-electron chi connectivity index (χ1n) is 12.6. The number of aliphatic hydroxyl groups excluding tert-OH is 1. The lowest BCUT2D eigenvalue weighted by Gasteiger charge is -2.38. The number of hydrogen-bond donors (Lipinski definition) is 1. The average Bonchev–Trinajstić information content (AvgIpc) is 3.29. The SMILES string of the molecule is CC(C)(CN1CCC(COc2ccc(-c3ccc(C(=O)N4CC[C@@H](O)C4)cc3F)nc2)CC1)C(F)(F)F. The maximum Gasteiger partial charge on any atom is 0.395 e. The molecule has 10 heteroatoms. The highest BCUT2D eigenvalue weighted by atomic mass is 19.4. The molecule has 2 aliphatic rings. The van der Waals surface area contributed by atoms with Crippen molar-refractivity contribution in [3.63, 3.8) is 0 Å². The van der Waals surface area contributed by atoms with E-state index in [0.717, 1.165) is 12.8 Å². The van der Waals surface area contributed by atoms with Crippen LogP contribution in [-0.2, 0) is 0 Å². The predicted octanol–water partition coefficient (Wildman–Crippen LogP) is 4.77. The van der Waals surface area contributed by atoms with Crippen LogP contribution >= 0.6 is 0 Å². The van der Waals surface area contributed by atoms with Gasteiger partial charge in [-0.15, -0.1) is 0 Å². The molecule has 0 saturated carbocycles. The molecule has 202 valence electrons. The van der Waals surface area contributed by atoms with Gasteiger partial charge in [-0.25, -0.2) is 4.39 Å². The second-order valence-corrected chi connectivity index (χ2v) is 10.7. The summed E-state index contributed by atoms with van der Waals surface area (Å²) in [6, 6.07) is 7.61. The summed E-state index contributed by atoms with van der Waals surface area (Å²) < 4.78 is 60.1. The quantitative estimate of drug-likeness (QED) is 0.530. The van der Waals surface area contributed by atoms with Gasteiger partial charge in [0.15, 0.2) is 0 Å². The van der Waals surface area contributed by atoms with Gasteiger partial charge in [-0.2, -0.15) is 13.2 Å². The first kappa shape index (κ1) is 27.3. The Hall–Kier alpha value is -2.72. The summed E-state index contributed by atoms with van der Waals surface area (Å²) in [7, 11) is 0. The number of nitrogens with zero attached hydrogens (tertiary/aromatic N) is 3. The molecule has 4 rings (SSSR count). The minimum atomic E-state index is -4.23. The molecular formula is C27H33F4N3O3. The number of aliphatic hydroxyl groups is 1. The molecule has 2 fully saturated rings. The van der Waals surface area contributed by atoms with Gasteiger partial charge in [0.25, 0.3) is 5.91 Å². The standard InChI is InChI=1S/C27H33F4N3O3/c1-26(2,27(29,30)31)17-33-10-7-18(8-11-33)16-37-21-4-6-24(32-14-21)22-5-3-19(13-23(22)28)25(36)34-12-9-20(35)15-34/h3-6,13-14,18,20,35H,7-12,15-17H2,1-2H3/t20-/m1/s1. The van der Waals surface area contributed by atoms with E-state index in [-0.39, 0.29) is 36.0 Å². The van der Waals surface area contributed by atoms with Gasteiger partial charge < -0.3 is 19.6 Å². The number of aromatic nitrogens is 1. The minimum Gasteiger partial charge on any atom is -0.492 e. The zero-order valence-corrected chi connectivity index (χ0v) is 21.1. The minimum absolute atomic E-state index is 0.0114. The molecule has 2 aromatic rings. The second kappa shape index (κ2) is 10.9. The summed E-state index contributed by atoms with van der Waals surface area (Å²) in [5.41, 5.74) is -0.848. The van der Waals surface area contributed by atoms with Crippen molar-refractivity contribution in [3.8, 4) is 17.0 Å². The van der Waals surface area contributed by atoms with Gasteiger partial charge in [0.2, 0.25) is 0 Å². The summed E-state index contributed by atoms with van der Waals surface area (Å²) in [6.45, 7) is 4.79. The van der Waals surface area contributed by atoms with Crippen LogP contribution in [0.1, 0.15) is 43.5 Å². The topological polar surface area (TPSA) is 65.9 Å². The number of likely N-dealkylation sites (tertiary alicyclic amines) is 2. The maximum atomic E-state index is 14.8. The largest absolute Gasteiger partial charge is 0.492 e. The molecule has 1 N–H and O–H groups in total. The second-order valence-electron chi connectivity index (χ2n) is 10.7. The van der Waals surface area contributed by atoms with Gasteiger partial charge in [-0.3, -0.25) is 9.78 Å². The summed E-state index contributed by atoms with van der Waals surface area (Å²) in [5.74, 6) is -0.103. The predicted molar refractivity (Wildman–Crippen MR) is 131 cm³/mol. The van der Waals surface area contributed by atoms with Crippen LogP contribution in [0.3, 0.4) is 0 Å². The molecule has 2 aliphatic heterocycles. The summed E-state index contributed by atoms with van der Waals surface area (Å²) >= 11 is 0. The van der Waals surface area contributed by atoms with E-state index in [2.05, 4.69) is 4.98 Å². The Balaban J connectivity index is 1.27. The van der Waals surface area contributed by atoms with E-state index < -0.39 is 23.5 Å². The Morgan fingerprint density at radius 3 is 2.41 bits per heavy atom. The third kappa shape index (κ3) is 6.59. The molecule has 6 nitrogen and oxygen atoms in total. The molecule has 1 atom stereocenters. The van der Waals surface area contributed by atoms with Crippen LogP contribution in [0, 0.1) is 17.2 Å². The molecule has 0 aliphatic carbocycles. The first-order chi connectivity index (χ1) is 17.4. The number of ether oxygens (including phenoxy) is 1. The van der Waals surface area contributed by atoms with E-state index in [9.17, 15) is 27.5 Å². The number of carbonyl (C=O) groups is 1. The van der Waals surface area contributed by atoms with Crippen LogP contribution in [0.25, 0.3) is 11.3 Å². The van der Waals surface area contributed by atoms with Crippen molar-refractivity contribution in [1.29, 1.82) is 0 Å². The molecule has 0 radical (unpaired) electrons. The zero-order valence-electron chi connectivity index (χ0n) is 21.1. The number of carbonyl (C=O) groups excluding carboxylic acids is 1. The molecule has 3 heterocycles. The van der Waals surface area contributed by atoms with Crippen LogP contribution in [0.5, 0.6) is 5.75 Å². The number of rotatable bonds is 7. The fraction of sp³-hybridized carbons (Fsp3) is 0.556. The molecule has 1 aromatic carbocycles. The van der Waals surface area contributed by atoms with Gasteiger partial charge in [0, 0.05) is 30.8 Å². The average molecular weight is 524 g/mol. The maximum absolute atomic E-state index is 14.8. The fourth-order valence-corrected chi connectivity index (χ4v) is 4.76. The van der Waals surface area contributed by atoms with Gasteiger partial charge in [0.05, 0.1) is 30.0 Å². The number of hydrogen-bond acceptors (Lipinski definition) is 5. The van der Waals surface area contributed by atoms with Crippen molar-refractivity contribution in [2.45, 2.75) is 45.4 Å². The summed E-state index contributed by atoms with van der Waals surface area (Å²) in [6.07, 6.45) is -1.23. The third-order valence-electron chi connectivity index (χ3n) is 7.26. The van der Waals surface area contributed by atoms with Crippen molar-refractivity contribution in [2.75, 3.05) is 39.3 Å². The normalized spacial score (nSPS) is 19.9. The lowest BCUT2D eigenvalue weighted by atomic mass is 9.89. The number of amides is 1. The van der Waals surface area contributed by atoms with Crippen LogP contribution in [0.15, 0.2) is 36.5 Å². The summed E-state index contributed by atoms with van der Waals surface area (Å²) in [4.78, 5) is 20.2.